The van der Waals surface area contributed by atoms with E-state index < -0.39 is 10.0 Å². The van der Waals surface area contributed by atoms with Crippen molar-refractivity contribution < 1.29 is 8.42 Å². The van der Waals surface area contributed by atoms with Crippen molar-refractivity contribution in [3.63, 3.8) is 0 Å². The number of nitrogen functional groups attached to an aromatic ring is 1. The minimum absolute atomic E-state index is 0.00246. The molecular formula is C14H25N3O2S. The van der Waals surface area contributed by atoms with Gasteiger partial charge < -0.3 is 11.1 Å². The number of hydrogen-bond acceptors (Lipinski definition) is 4. The largest absolute Gasteiger partial charge is 0.397 e. The molecule has 0 bridgehead atoms. The summed E-state index contributed by atoms with van der Waals surface area (Å²) < 4.78 is 25.7. The van der Waals surface area contributed by atoms with Gasteiger partial charge in [-0.25, -0.2) is 13.1 Å². The van der Waals surface area contributed by atoms with Gasteiger partial charge in [-0.3, -0.25) is 0 Å². The molecule has 5 nitrogen and oxygen atoms in total. The summed E-state index contributed by atoms with van der Waals surface area (Å²) >= 11 is 0. The van der Waals surface area contributed by atoms with E-state index in [0.717, 1.165) is 24.9 Å². The third kappa shape index (κ3) is 3.43. The van der Waals surface area contributed by atoms with Gasteiger partial charge in [-0.1, -0.05) is 20.8 Å². The molecule has 114 valence electrons. The van der Waals surface area contributed by atoms with Crippen LogP contribution in [0, 0.1) is 0 Å². The van der Waals surface area contributed by atoms with Crippen LogP contribution in [0.4, 0.5) is 11.4 Å². The molecule has 0 saturated carbocycles. The third-order valence-corrected chi connectivity index (χ3v) is 5.44. The summed E-state index contributed by atoms with van der Waals surface area (Å²) in [7, 11) is -2.07. The van der Waals surface area contributed by atoms with Crippen molar-refractivity contribution in [1.82, 2.24) is 4.72 Å². The van der Waals surface area contributed by atoms with Crippen molar-refractivity contribution in [3.8, 4) is 0 Å². The zero-order valence-electron chi connectivity index (χ0n) is 12.7. The van der Waals surface area contributed by atoms with Crippen LogP contribution in [0.2, 0.25) is 0 Å². The number of rotatable bonds is 7. The van der Waals surface area contributed by atoms with Crippen LogP contribution in [0.25, 0.3) is 0 Å². The van der Waals surface area contributed by atoms with Crippen molar-refractivity contribution in [3.05, 3.63) is 18.2 Å². The fourth-order valence-electron chi connectivity index (χ4n) is 2.24. The second-order valence-corrected chi connectivity index (χ2v) is 6.81. The van der Waals surface area contributed by atoms with Crippen molar-refractivity contribution in [2.45, 2.75) is 50.5 Å². The predicted molar refractivity (Wildman–Crippen MR) is 84.3 cm³/mol. The highest BCUT2D eigenvalue weighted by Gasteiger charge is 2.24. The molecule has 1 rings (SSSR count). The van der Waals surface area contributed by atoms with E-state index in [1.165, 1.54) is 13.1 Å². The maximum atomic E-state index is 11.7. The second kappa shape index (κ2) is 6.45. The lowest BCUT2D eigenvalue weighted by atomic mass is 9.89. The summed E-state index contributed by atoms with van der Waals surface area (Å²) in [5, 5.41) is 3.47. The van der Waals surface area contributed by atoms with Crippen LogP contribution in [-0.4, -0.2) is 21.0 Å². The number of anilines is 2. The molecule has 0 aliphatic carbocycles. The summed E-state index contributed by atoms with van der Waals surface area (Å²) in [5.41, 5.74) is 7.22. The minimum Gasteiger partial charge on any atom is -0.397 e. The van der Waals surface area contributed by atoms with Gasteiger partial charge in [0, 0.05) is 5.54 Å². The van der Waals surface area contributed by atoms with Gasteiger partial charge in [-0.2, -0.15) is 0 Å². The highest BCUT2D eigenvalue weighted by molar-refractivity contribution is 7.89. The van der Waals surface area contributed by atoms with Crippen LogP contribution in [0.15, 0.2) is 23.1 Å². The Labute approximate surface area is 122 Å². The lowest BCUT2D eigenvalue weighted by Gasteiger charge is -2.33. The predicted octanol–water partition coefficient (Wildman–Crippen LogP) is 2.56. The van der Waals surface area contributed by atoms with Crippen molar-refractivity contribution >= 4 is 21.4 Å². The number of hydrogen-bond donors (Lipinski definition) is 3. The molecule has 0 unspecified atom stereocenters. The first-order valence-electron chi connectivity index (χ1n) is 6.95. The van der Waals surface area contributed by atoms with Crippen molar-refractivity contribution in [1.29, 1.82) is 0 Å². The molecule has 0 aromatic heterocycles. The van der Waals surface area contributed by atoms with Crippen molar-refractivity contribution in [2.24, 2.45) is 0 Å². The van der Waals surface area contributed by atoms with Gasteiger partial charge >= 0.3 is 0 Å². The van der Waals surface area contributed by atoms with Crippen LogP contribution >= 0.6 is 0 Å². The molecule has 0 radical (unpaired) electrons. The van der Waals surface area contributed by atoms with Crippen molar-refractivity contribution in [2.75, 3.05) is 18.1 Å². The van der Waals surface area contributed by atoms with E-state index in [9.17, 15) is 8.42 Å². The third-order valence-electron chi connectivity index (χ3n) is 4.03. The van der Waals surface area contributed by atoms with E-state index in [1.807, 2.05) is 0 Å². The van der Waals surface area contributed by atoms with Gasteiger partial charge in [0.15, 0.2) is 0 Å². The first-order valence-corrected chi connectivity index (χ1v) is 8.43. The Bertz CT molecular complexity index is 543. The topological polar surface area (TPSA) is 84.2 Å². The van der Waals surface area contributed by atoms with Gasteiger partial charge in [-0.15, -0.1) is 0 Å². The molecular weight excluding hydrogens is 274 g/mol. The van der Waals surface area contributed by atoms with Gasteiger partial charge in [0.05, 0.1) is 16.3 Å². The molecule has 0 heterocycles. The summed E-state index contributed by atoms with van der Waals surface area (Å²) in [6, 6.07) is 4.78. The molecule has 0 fully saturated rings. The molecule has 1 aromatic rings. The Morgan fingerprint density at radius 1 is 1.15 bits per heavy atom. The number of nitrogens with one attached hydrogen (secondary N) is 2. The van der Waals surface area contributed by atoms with E-state index in [2.05, 4.69) is 30.8 Å². The van der Waals surface area contributed by atoms with E-state index in [4.69, 9.17) is 5.73 Å². The van der Waals surface area contributed by atoms with Crippen LogP contribution in [0.1, 0.15) is 40.0 Å². The monoisotopic (exact) mass is 299 g/mol. The number of benzene rings is 1. The molecule has 0 amide bonds. The lowest BCUT2D eigenvalue weighted by Crippen LogP contribution is -2.36. The highest BCUT2D eigenvalue weighted by Crippen LogP contribution is 2.30. The molecule has 0 atom stereocenters. The first kappa shape index (κ1) is 16.8. The minimum atomic E-state index is -3.46. The quantitative estimate of drug-likeness (QED) is 0.676. The zero-order chi connectivity index (χ0) is 15.4. The molecule has 0 spiro atoms. The van der Waals surface area contributed by atoms with Gasteiger partial charge in [0.2, 0.25) is 10.0 Å². The zero-order valence-corrected chi connectivity index (χ0v) is 13.5. The number of nitrogens with two attached hydrogens (primary N) is 1. The first-order chi connectivity index (χ1) is 9.34. The van der Waals surface area contributed by atoms with Crippen LogP contribution in [0.3, 0.4) is 0 Å². The van der Waals surface area contributed by atoms with Crippen LogP contribution in [-0.2, 0) is 10.0 Å². The lowest BCUT2D eigenvalue weighted by molar-refractivity contribution is 0.420. The average molecular weight is 299 g/mol. The smallest absolute Gasteiger partial charge is 0.240 e. The van der Waals surface area contributed by atoms with E-state index in [1.54, 1.807) is 12.1 Å². The Hall–Kier alpha value is -1.27. The number of sulfonamides is 1. The Morgan fingerprint density at radius 3 is 2.10 bits per heavy atom. The summed E-state index contributed by atoms with van der Waals surface area (Å²) in [4.78, 5) is 0.179. The Balaban J connectivity index is 3.12. The highest BCUT2D eigenvalue weighted by atomic mass is 32.2. The Kier molecular flexibility index (Phi) is 5.42. The molecule has 20 heavy (non-hydrogen) atoms. The summed E-state index contributed by atoms with van der Waals surface area (Å²) in [5.74, 6) is 0. The standard InChI is InChI=1S/C14H25N3O2S/c1-5-14(6-2,7-3)17-13-9-8-11(10-12(13)15)20(18,19)16-4/h8-10,16-17H,5-7,15H2,1-4H3. The molecule has 0 aliphatic heterocycles. The van der Waals surface area contributed by atoms with Crippen LogP contribution < -0.4 is 15.8 Å². The maximum Gasteiger partial charge on any atom is 0.240 e. The molecule has 6 heteroatoms. The van der Waals surface area contributed by atoms with Crippen LogP contribution in [0.5, 0.6) is 0 Å². The SMILES string of the molecule is CCC(CC)(CC)Nc1ccc(S(=O)(=O)NC)cc1N. The normalized spacial score (nSPS) is 12.4. The average Bonchev–Trinajstić information content (AvgIpc) is 2.46. The maximum absolute atomic E-state index is 11.7. The fraction of sp³-hybridized carbons (Fsp3) is 0.571. The summed E-state index contributed by atoms with van der Waals surface area (Å²) in [6.07, 6.45) is 2.95. The summed E-state index contributed by atoms with van der Waals surface area (Å²) in [6.45, 7) is 6.40. The fourth-order valence-corrected chi connectivity index (χ4v) is 3.01. The second-order valence-electron chi connectivity index (χ2n) is 4.92. The molecule has 0 saturated heterocycles. The van der Waals surface area contributed by atoms with E-state index in [0.29, 0.717) is 5.69 Å². The molecule has 1 aromatic carbocycles. The van der Waals surface area contributed by atoms with E-state index >= 15 is 0 Å². The van der Waals surface area contributed by atoms with E-state index in [-0.39, 0.29) is 10.4 Å². The van der Waals surface area contributed by atoms with Gasteiger partial charge in [0.1, 0.15) is 0 Å². The van der Waals surface area contributed by atoms with Gasteiger partial charge in [-0.05, 0) is 44.5 Å². The molecule has 4 N–H and O–H groups in total. The molecule has 0 aliphatic rings. The Morgan fingerprint density at radius 2 is 1.70 bits per heavy atom. The van der Waals surface area contributed by atoms with Gasteiger partial charge in [0.25, 0.3) is 0 Å².